The lowest BCUT2D eigenvalue weighted by atomic mass is 9.97. The monoisotopic (exact) mass is 535 g/mol. The highest BCUT2D eigenvalue weighted by Crippen LogP contribution is 2.28. The molecule has 0 aliphatic carbocycles. The average Bonchev–Trinajstić information content (AvgIpc) is 3.16. The molecule has 0 unspecified atom stereocenters. The zero-order chi connectivity index (χ0) is 27.7. The summed E-state index contributed by atoms with van der Waals surface area (Å²) in [7, 11) is 1.68. The number of nitrogens with one attached hydrogen (secondary N) is 1. The Labute approximate surface area is 219 Å². The fourth-order valence-electron chi connectivity index (χ4n) is 4.46. The predicted molar refractivity (Wildman–Crippen MR) is 136 cm³/mol. The summed E-state index contributed by atoms with van der Waals surface area (Å²) < 4.78 is 37.2. The largest absolute Gasteiger partial charge is 0.495 e. The second-order valence-electron chi connectivity index (χ2n) is 9.00. The molecule has 0 atom stereocenters. The lowest BCUT2D eigenvalue weighted by molar-refractivity contribution is -0.192. The summed E-state index contributed by atoms with van der Waals surface area (Å²) in [5.74, 6) is -1.79. The van der Waals surface area contributed by atoms with Gasteiger partial charge in [0.2, 0.25) is 5.91 Å². The van der Waals surface area contributed by atoms with Crippen LogP contribution in [0.25, 0.3) is 0 Å². The van der Waals surface area contributed by atoms with Crippen molar-refractivity contribution in [1.82, 2.24) is 10.2 Å². The lowest BCUT2D eigenvalue weighted by Crippen LogP contribution is -2.48. The Morgan fingerprint density at radius 1 is 0.947 bits per heavy atom. The van der Waals surface area contributed by atoms with E-state index in [2.05, 4.69) is 16.3 Å². The Kier molecular flexibility index (Phi) is 10.1. The number of ketones is 1. The zero-order valence-corrected chi connectivity index (χ0v) is 21.2. The molecule has 0 aromatic heterocycles. The van der Waals surface area contributed by atoms with Crippen molar-refractivity contribution in [2.75, 3.05) is 51.3 Å². The van der Waals surface area contributed by atoms with Crippen LogP contribution in [0.4, 0.5) is 18.9 Å². The SMILES string of the molecule is COc1ccccc1N1CCN(C(=O)CCC(=O)c2ccc3c(c2)CCNCC3)CC1.O=C(O)C(F)(F)F. The second-order valence-corrected chi connectivity index (χ2v) is 9.00. The summed E-state index contributed by atoms with van der Waals surface area (Å²) in [6.07, 6.45) is -2.59. The maximum absolute atomic E-state index is 12.7. The molecule has 11 heteroatoms. The van der Waals surface area contributed by atoms with E-state index < -0.39 is 12.1 Å². The van der Waals surface area contributed by atoms with Gasteiger partial charge in [0.15, 0.2) is 5.78 Å². The molecular weight excluding hydrogens is 503 g/mol. The molecule has 1 amide bonds. The second kappa shape index (κ2) is 13.3. The number of fused-ring (bicyclic) bond motifs is 1. The van der Waals surface area contributed by atoms with E-state index >= 15 is 0 Å². The molecule has 2 aliphatic heterocycles. The molecule has 2 heterocycles. The number of nitrogens with zero attached hydrogens (tertiary/aromatic N) is 2. The Morgan fingerprint density at radius 2 is 1.58 bits per heavy atom. The number of anilines is 1. The predicted octanol–water partition coefficient (Wildman–Crippen LogP) is 3.33. The molecule has 0 radical (unpaired) electrons. The van der Waals surface area contributed by atoms with E-state index in [1.54, 1.807) is 7.11 Å². The highest BCUT2D eigenvalue weighted by Gasteiger charge is 2.38. The summed E-state index contributed by atoms with van der Waals surface area (Å²) in [5.41, 5.74) is 4.38. The number of carbonyl (C=O) groups excluding carboxylic acids is 2. The maximum atomic E-state index is 12.7. The summed E-state index contributed by atoms with van der Waals surface area (Å²) in [4.78, 5) is 38.4. The summed E-state index contributed by atoms with van der Waals surface area (Å²) in [6, 6.07) is 14.0. The number of rotatable bonds is 6. The minimum atomic E-state index is -5.08. The number of Topliss-reactive ketones (excluding diaryl/α,β-unsaturated/α-hetero) is 1. The number of para-hydroxylation sites is 2. The van der Waals surface area contributed by atoms with Gasteiger partial charge in [0, 0.05) is 44.6 Å². The van der Waals surface area contributed by atoms with Gasteiger partial charge in [0.05, 0.1) is 12.8 Å². The van der Waals surface area contributed by atoms with E-state index in [4.69, 9.17) is 14.6 Å². The minimum Gasteiger partial charge on any atom is -0.495 e. The van der Waals surface area contributed by atoms with Crippen LogP contribution >= 0.6 is 0 Å². The number of amides is 1. The zero-order valence-electron chi connectivity index (χ0n) is 21.2. The van der Waals surface area contributed by atoms with Crippen molar-refractivity contribution in [3.63, 3.8) is 0 Å². The van der Waals surface area contributed by atoms with E-state index in [-0.39, 0.29) is 24.5 Å². The van der Waals surface area contributed by atoms with Crippen molar-refractivity contribution in [3.8, 4) is 5.75 Å². The number of carboxylic acid groups (broad SMARTS) is 1. The molecule has 0 spiro atoms. The first kappa shape index (κ1) is 29.0. The average molecular weight is 536 g/mol. The van der Waals surface area contributed by atoms with Crippen LogP contribution < -0.4 is 15.0 Å². The quantitative estimate of drug-likeness (QED) is 0.548. The van der Waals surface area contributed by atoms with Crippen molar-refractivity contribution in [3.05, 3.63) is 59.2 Å². The minimum absolute atomic E-state index is 0.0565. The molecule has 2 aromatic rings. The number of carboxylic acids is 1. The van der Waals surface area contributed by atoms with Crippen LogP contribution in [-0.4, -0.2) is 80.2 Å². The number of halogens is 3. The van der Waals surface area contributed by atoms with Gasteiger partial charge in [0.1, 0.15) is 5.75 Å². The van der Waals surface area contributed by atoms with E-state index in [0.29, 0.717) is 13.1 Å². The standard InChI is InChI=1S/C25H31N3O3.C2HF3O2/c1-31-24-5-3-2-4-22(24)27-14-16-28(17-15-27)25(30)9-8-23(29)21-7-6-19-10-12-26-13-11-20(19)18-21;3-2(4,5)1(6)7/h2-7,18,26H,8-17H2,1H3;(H,6,7). The first-order valence-corrected chi connectivity index (χ1v) is 12.4. The van der Waals surface area contributed by atoms with Gasteiger partial charge >= 0.3 is 12.1 Å². The van der Waals surface area contributed by atoms with Gasteiger partial charge in [-0.3, -0.25) is 9.59 Å². The molecule has 38 heavy (non-hydrogen) atoms. The molecule has 1 saturated heterocycles. The molecule has 2 aliphatic rings. The third kappa shape index (κ3) is 7.95. The molecule has 206 valence electrons. The molecule has 2 aromatic carbocycles. The van der Waals surface area contributed by atoms with E-state index in [9.17, 15) is 22.8 Å². The van der Waals surface area contributed by atoms with E-state index in [1.165, 1.54) is 11.1 Å². The lowest BCUT2D eigenvalue weighted by Gasteiger charge is -2.36. The molecule has 2 N–H and O–H groups in total. The van der Waals surface area contributed by atoms with Crippen LogP contribution in [0.15, 0.2) is 42.5 Å². The Bertz CT molecular complexity index is 1130. The van der Waals surface area contributed by atoms with Crippen molar-refractivity contribution < 1.29 is 37.4 Å². The van der Waals surface area contributed by atoms with Crippen molar-refractivity contribution in [2.24, 2.45) is 0 Å². The van der Waals surface area contributed by atoms with Gasteiger partial charge in [-0.05, 0) is 55.3 Å². The number of aliphatic carboxylic acids is 1. The van der Waals surface area contributed by atoms with E-state index in [1.807, 2.05) is 41.3 Å². The maximum Gasteiger partial charge on any atom is 0.490 e. The van der Waals surface area contributed by atoms with Crippen LogP contribution in [0.2, 0.25) is 0 Å². The first-order chi connectivity index (χ1) is 18.1. The van der Waals surface area contributed by atoms with Gasteiger partial charge in [-0.15, -0.1) is 0 Å². The van der Waals surface area contributed by atoms with Gasteiger partial charge in [-0.25, -0.2) is 4.79 Å². The number of ether oxygens (including phenoxy) is 1. The molecule has 4 rings (SSSR count). The van der Waals surface area contributed by atoms with Gasteiger partial charge < -0.3 is 25.0 Å². The van der Waals surface area contributed by atoms with Crippen LogP contribution in [0.1, 0.15) is 34.3 Å². The fourth-order valence-corrected chi connectivity index (χ4v) is 4.46. The summed E-state index contributed by atoms with van der Waals surface area (Å²) >= 11 is 0. The number of methoxy groups -OCH3 is 1. The Hall–Kier alpha value is -3.60. The summed E-state index contributed by atoms with van der Waals surface area (Å²) in [6.45, 7) is 4.79. The number of piperazine rings is 1. The van der Waals surface area contributed by atoms with Crippen LogP contribution in [0.5, 0.6) is 5.75 Å². The van der Waals surface area contributed by atoms with Gasteiger partial charge in [-0.2, -0.15) is 13.2 Å². The fraction of sp³-hybridized carbons (Fsp3) is 0.444. The molecule has 0 bridgehead atoms. The molecule has 0 saturated carbocycles. The van der Waals surface area contributed by atoms with Crippen molar-refractivity contribution in [1.29, 1.82) is 0 Å². The number of alkyl halides is 3. The smallest absolute Gasteiger partial charge is 0.490 e. The number of carbonyl (C=O) groups is 3. The topological polar surface area (TPSA) is 99.2 Å². The van der Waals surface area contributed by atoms with Crippen molar-refractivity contribution >= 4 is 23.3 Å². The third-order valence-electron chi connectivity index (χ3n) is 6.54. The molecular formula is C27H32F3N3O5. The normalized spacial score (nSPS) is 15.5. The number of benzene rings is 2. The molecule has 1 fully saturated rings. The number of hydrogen-bond acceptors (Lipinski definition) is 6. The summed E-state index contributed by atoms with van der Waals surface area (Å²) in [5, 5.41) is 10.5. The number of hydrogen-bond donors (Lipinski definition) is 2. The molecule has 8 nitrogen and oxygen atoms in total. The Balaban J connectivity index is 0.000000505. The first-order valence-electron chi connectivity index (χ1n) is 12.4. The van der Waals surface area contributed by atoms with Gasteiger partial charge in [-0.1, -0.05) is 24.3 Å². The third-order valence-corrected chi connectivity index (χ3v) is 6.54. The highest BCUT2D eigenvalue weighted by molar-refractivity contribution is 5.98. The van der Waals surface area contributed by atoms with E-state index in [0.717, 1.165) is 56.0 Å². The van der Waals surface area contributed by atoms with Crippen LogP contribution in [0.3, 0.4) is 0 Å². The van der Waals surface area contributed by atoms with Gasteiger partial charge in [0.25, 0.3) is 0 Å². The van der Waals surface area contributed by atoms with Crippen LogP contribution in [-0.2, 0) is 22.4 Å². The Morgan fingerprint density at radius 3 is 2.21 bits per heavy atom. The highest BCUT2D eigenvalue weighted by atomic mass is 19.4. The van der Waals surface area contributed by atoms with Crippen molar-refractivity contribution in [2.45, 2.75) is 31.9 Å². The van der Waals surface area contributed by atoms with Crippen LogP contribution in [0, 0.1) is 0 Å².